The van der Waals surface area contributed by atoms with Crippen molar-refractivity contribution in [2.24, 2.45) is 15.2 Å². The zero-order chi connectivity index (χ0) is 21.1. The summed E-state index contributed by atoms with van der Waals surface area (Å²) in [6.07, 6.45) is 7.41. The SMILES string of the molecule is C#CCCC1(CCNC(=O)[C@H]2CSC(C3CSC(c4ccccc4O)=N3)N2C)N=N1. The molecule has 3 aliphatic heterocycles. The fourth-order valence-corrected chi connectivity index (χ4v) is 6.53. The molecule has 0 aliphatic carbocycles. The first-order valence-electron chi connectivity index (χ1n) is 10.0. The Balaban J connectivity index is 1.30. The summed E-state index contributed by atoms with van der Waals surface area (Å²) < 4.78 is 0. The zero-order valence-corrected chi connectivity index (χ0v) is 18.5. The van der Waals surface area contributed by atoms with E-state index in [9.17, 15) is 9.90 Å². The molecule has 1 aromatic rings. The van der Waals surface area contributed by atoms with Crippen LogP contribution in [0.3, 0.4) is 0 Å². The standard InChI is InChI=1S/C21H25N5O2S2/c1-3-4-9-21(24-25-21)10-11-22-18(28)16-13-30-20(26(16)2)15-12-29-19(23-15)14-7-5-6-8-17(14)27/h1,5-8,15-16,20,27H,4,9-13H2,2H3,(H,22,28)/t15?,16-,20?/m1/s1. The van der Waals surface area contributed by atoms with E-state index >= 15 is 0 Å². The molecule has 2 N–H and O–H groups in total. The maximum atomic E-state index is 12.7. The van der Waals surface area contributed by atoms with E-state index in [-0.39, 0.29) is 34.8 Å². The van der Waals surface area contributed by atoms with Gasteiger partial charge in [-0.25, -0.2) is 0 Å². The van der Waals surface area contributed by atoms with Gasteiger partial charge in [0, 0.05) is 42.9 Å². The fraction of sp³-hybridized carbons (Fsp3) is 0.524. The molecular weight excluding hydrogens is 418 g/mol. The minimum absolute atomic E-state index is 0.0378. The predicted octanol–water partition coefficient (Wildman–Crippen LogP) is 2.71. The maximum absolute atomic E-state index is 12.7. The number of nitrogens with one attached hydrogen (secondary N) is 1. The van der Waals surface area contributed by atoms with Crippen molar-refractivity contribution in [3.05, 3.63) is 29.8 Å². The van der Waals surface area contributed by atoms with E-state index in [1.807, 2.05) is 25.2 Å². The third kappa shape index (κ3) is 4.51. The van der Waals surface area contributed by atoms with E-state index in [4.69, 9.17) is 11.4 Å². The molecule has 0 radical (unpaired) electrons. The Morgan fingerprint density at radius 1 is 1.37 bits per heavy atom. The van der Waals surface area contributed by atoms with Crippen LogP contribution in [-0.2, 0) is 4.79 Å². The van der Waals surface area contributed by atoms with Crippen LogP contribution in [0.25, 0.3) is 0 Å². The van der Waals surface area contributed by atoms with Crippen molar-refractivity contribution in [2.45, 2.75) is 42.4 Å². The van der Waals surface area contributed by atoms with Crippen LogP contribution in [0.15, 0.2) is 39.5 Å². The molecule has 9 heteroatoms. The van der Waals surface area contributed by atoms with Crippen molar-refractivity contribution in [1.82, 2.24) is 10.2 Å². The number of likely N-dealkylation sites (N-methyl/N-ethyl adjacent to an activating group) is 1. The normalized spacial score (nSPS) is 26.9. The molecule has 0 aromatic heterocycles. The minimum Gasteiger partial charge on any atom is -0.507 e. The quantitative estimate of drug-likeness (QED) is 0.603. The molecule has 158 valence electrons. The number of hydrogen-bond donors (Lipinski definition) is 2. The number of carbonyl (C=O) groups excluding carboxylic acids is 1. The number of hydrogen-bond acceptors (Lipinski definition) is 8. The monoisotopic (exact) mass is 443 g/mol. The second-order valence-corrected chi connectivity index (χ2v) is 9.82. The molecule has 30 heavy (non-hydrogen) atoms. The van der Waals surface area contributed by atoms with Gasteiger partial charge in [0.05, 0.1) is 17.5 Å². The summed E-state index contributed by atoms with van der Waals surface area (Å²) in [6.45, 7) is 0.547. The van der Waals surface area contributed by atoms with Crippen LogP contribution < -0.4 is 5.32 Å². The van der Waals surface area contributed by atoms with Crippen LogP contribution in [0, 0.1) is 12.3 Å². The van der Waals surface area contributed by atoms with Crippen molar-refractivity contribution in [1.29, 1.82) is 0 Å². The van der Waals surface area contributed by atoms with Gasteiger partial charge in [-0.2, -0.15) is 10.2 Å². The van der Waals surface area contributed by atoms with Gasteiger partial charge in [-0.1, -0.05) is 12.1 Å². The molecule has 2 unspecified atom stereocenters. The van der Waals surface area contributed by atoms with Crippen molar-refractivity contribution in [3.63, 3.8) is 0 Å². The summed E-state index contributed by atoms with van der Waals surface area (Å²) in [5.41, 5.74) is 0.410. The third-order valence-electron chi connectivity index (χ3n) is 5.64. The van der Waals surface area contributed by atoms with Crippen LogP contribution in [0.5, 0.6) is 5.75 Å². The van der Waals surface area contributed by atoms with Gasteiger partial charge >= 0.3 is 0 Å². The number of carbonyl (C=O) groups is 1. The molecule has 1 amide bonds. The van der Waals surface area contributed by atoms with Crippen molar-refractivity contribution >= 4 is 34.5 Å². The topological polar surface area (TPSA) is 89.6 Å². The van der Waals surface area contributed by atoms with Gasteiger partial charge in [0.15, 0.2) is 5.66 Å². The molecule has 3 atom stereocenters. The summed E-state index contributed by atoms with van der Waals surface area (Å²) >= 11 is 3.43. The number of terminal acetylenes is 1. The number of phenols is 1. The summed E-state index contributed by atoms with van der Waals surface area (Å²) in [7, 11) is 1.99. The minimum atomic E-state index is -0.367. The first-order chi connectivity index (χ1) is 14.5. The lowest BCUT2D eigenvalue weighted by Crippen LogP contribution is -2.47. The lowest BCUT2D eigenvalue weighted by molar-refractivity contribution is -0.125. The summed E-state index contributed by atoms with van der Waals surface area (Å²) in [4.78, 5) is 19.7. The van der Waals surface area contributed by atoms with E-state index in [1.54, 1.807) is 29.6 Å². The smallest absolute Gasteiger partial charge is 0.238 e. The Bertz CT molecular complexity index is 907. The predicted molar refractivity (Wildman–Crippen MR) is 122 cm³/mol. The molecule has 1 saturated heterocycles. The van der Waals surface area contributed by atoms with Crippen LogP contribution >= 0.6 is 23.5 Å². The first-order valence-corrected chi connectivity index (χ1v) is 12.0. The highest BCUT2D eigenvalue weighted by molar-refractivity contribution is 8.14. The first kappa shape index (κ1) is 21.2. The average Bonchev–Trinajstić information content (AvgIpc) is 3.15. The van der Waals surface area contributed by atoms with E-state index in [2.05, 4.69) is 26.4 Å². The number of aromatic hydroxyl groups is 1. The number of rotatable bonds is 8. The molecule has 1 aromatic carbocycles. The average molecular weight is 444 g/mol. The van der Waals surface area contributed by atoms with Crippen LogP contribution in [-0.4, -0.2) is 69.2 Å². The zero-order valence-electron chi connectivity index (χ0n) is 16.8. The number of amides is 1. The number of phenolic OH excluding ortho intramolecular Hbond substituents is 1. The lowest BCUT2D eigenvalue weighted by atomic mass is 10.0. The fourth-order valence-electron chi connectivity index (χ4n) is 3.75. The maximum Gasteiger partial charge on any atom is 0.238 e. The number of benzene rings is 1. The summed E-state index contributed by atoms with van der Waals surface area (Å²) in [5.74, 6) is 4.50. The number of para-hydroxylation sites is 1. The summed E-state index contributed by atoms with van der Waals surface area (Å²) in [5, 5.41) is 22.4. The summed E-state index contributed by atoms with van der Waals surface area (Å²) in [6, 6.07) is 7.20. The van der Waals surface area contributed by atoms with Crippen LogP contribution in [0.2, 0.25) is 0 Å². The molecule has 3 aliphatic rings. The molecule has 4 rings (SSSR count). The largest absolute Gasteiger partial charge is 0.507 e. The Labute approximate surface area is 185 Å². The third-order valence-corrected chi connectivity index (χ3v) is 8.24. The Morgan fingerprint density at radius 3 is 2.90 bits per heavy atom. The molecule has 0 spiro atoms. The van der Waals surface area contributed by atoms with Gasteiger partial charge in [-0.05, 0) is 19.2 Å². The number of aliphatic imine (C=N–C) groups is 1. The number of nitrogens with zero attached hydrogens (tertiary/aromatic N) is 4. The molecule has 0 bridgehead atoms. The molecular formula is C21H25N5O2S2. The Hall–Kier alpha value is -2.02. The van der Waals surface area contributed by atoms with E-state index in [0.29, 0.717) is 19.4 Å². The molecule has 0 saturated carbocycles. The Morgan fingerprint density at radius 2 is 2.17 bits per heavy atom. The van der Waals surface area contributed by atoms with E-state index < -0.39 is 0 Å². The van der Waals surface area contributed by atoms with Gasteiger partial charge in [-0.15, -0.1) is 35.9 Å². The van der Waals surface area contributed by atoms with E-state index in [0.717, 1.165) is 28.5 Å². The van der Waals surface area contributed by atoms with Gasteiger partial charge in [-0.3, -0.25) is 14.7 Å². The molecule has 3 heterocycles. The lowest BCUT2D eigenvalue weighted by Gasteiger charge is -2.26. The second kappa shape index (κ2) is 9.00. The van der Waals surface area contributed by atoms with Crippen LogP contribution in [0.4, 0.5) is 0 Å². The van der Waals surface area contributed by atoms with E-state index in [1.165, 1.54) is 0 Å². The van der Waals surface area contributed by atoms with Gasteiger partial charge in [0.25, 0.3) is 0 Å². The van der Waals surface area contributed by atoms with Crippen molar-refractivity contribution < 1.29 is 9.90 Å². The second-order valence-electron chi connectivity index (χ2n) is 7.66. The molecule has 7 nitrogen and oxygen atoms in total. The van der Waals surface area contributed by atoms with Gasteiger partial charge in [0.1, 0.15) is 10.8 Å². The Kier molecular flexibility index (Phi) is 6.37. The van der Waals surface area contributed by atoms with Crippen molar-refractivity contribution in [2.75, 3.05) is 25.1 Å². The highest BCUT2D eigenvalue weighted by Gasteiger charge is 2.42. The number of thioether (sulfide) groups is 2. The highest BCUT2D eigenvalue weighted by Crippen LogP contribution is 2.38. The van der Waals surface area contributed by atoms with Gasteiger partial charge in [0.2, 0.25) is 5.91 Å². The van der Waals surface area contributed by atoms with Gasteiger partial charge < -0.3 is 10.4 Å². The highest BCUT2D eigenvalue weighted by atomic mass is 32.2. The van der Waals surface area contributed by atoms with Crippen molar-refractivity contribution in [3.8, 4) is 18.1 Å². The molecule has 1 fully saturated rings. The van der Waals surface area contributed by atoms with Crippen LogP contribution in [0.1, 0.15) is 24.8 Å².